The van der Waals surface area contributed by atoms with Crippen molar-refractivity contribution in [3.8, 4) is 0 Å². The molecule has 0 fully saturated rings. The van der Waals surface area contributed by atoms with E-state index < -0.39 is 0 Å². The molecule has 10 heavy (non-hydrogen) atoms. The van der Waals surface area contributed by atoms with E-state index in [0.717, 1.165) is 5.56 Å². The lowest BCUT2D eigenvalue weighted by Gasteiger charge is -1.89. The molecule has 3 heteroatoms. The van der Waals surface area contributed by atoms with Crippen LogP contribution in [0.4, 0.5) is 0 Å². The first-order valence-electron chi connectivity index (χ1n) is 2.58. The standard InChI is InChI=1S/C7H8O.ClH.Mg.2H/c8-6-7-4-2-1-3-5-7;;;;/h1-5,8H,6H2;1H;;;. The van der Waals surface area contributed by atoms with Crippen molar-refractivity contribution in [1.29, 1.82) is 0 Å². The van der Waals surface area contributed by atoms with Crippen molar-refractivity contribution in [2.75, 3.05) is 0 Å². The highest BCUT2D eigenvalue weighted by atomic mass is 35.5. The summed E-state index contributed by atoms with van der Waals surface area (Å²) >= 11 is 0. The molecule has 54 valence electrons. The number of aliphatic hydroxyl groups is 1. The minimum absolute atomic E-state index is 0. The van der Waals surface area contributed by atoms with E-state index in [2.05, 4.69) is 0 Å². The minimum atomic E-state index is 0. The van der Waals surface area contributed by atoms with Gasteiger partial charge in [-0.2, -0.15) is 0 Å². The maximum absolute atomic E-state index is 8.54. The van der Waals surface area contributed by atoms with Crippen molar-refractivity contribution in [2.45, 2.75) is 6.61 Å². The van der Waals surface area contributed by atoms with Crippen LogP contribution in [0.15, 0.2) is 30.3 Å². The fourth-order valence-corrected chi connectivity index (χ4v) is 0.583. The molecule has 0 spiro atoms. The van der Waals surface area contributed by atoms with Gasteiger partial charge in [0.05, 0.1) is 6.61 Å². The molecule has 0 aliphatic rings. The van der Waals surface area contributed by atoms with Gasteiger partial charge in [-0.05, 0) is 5.56 Å². The molecule has 0 saturated heterocycles. The van der Waals surface area contributed by atoms with Crippen molar-refractivity contribution in [3.05, 3.63) is 35.9 Å². The van der Waals surface area contributed by atoms with Crippen molar-refractivity contribution in [2.24, 2.45) is 0 Å². The van der Waals surface area contributed by atoms with Crippen LogP contribution in [0.1, 0.15) is 5.56 Å². The highest BCUT2D eigenvalue weighted by molar-refractivity contribution is 5.85. The van der Waals surface area contributed by atoms with Gasteiger partial charge in [-0.25, -0.2) is 0 Å². The Morgan fingerprint density at radius 1 is 1.10 bits per heavy atom. The summed E-state index contributed by atoms with van der Waals surface area (Å²) in [5.74, 6) is 0. The lowest BCUT2D eigenvalue weighted by Crippen LogP contribution is -1.77. The molecule has 0 atom stereocenters. The van der Waals surface area contributed by atoms with Gasteiger partial charge in [0.1, 0.15) is 0 Å². The topological polar surface area (TPSA) is 20.2 Å². The van der Waals surface area contributed by atoms with E-state index in [1.807, 2.05) is 30.3 Å². The first-order valence-corrected chi connectivity index (χ1v) is 2.58. The second-order valence-corrected chi connectivity index (χ2v) is 1.64. The number of benzene rings is 1. The van der Waals surface area contributed by atoms with Crippen LogP contribution in [0.2, 0.25) is 0 Å². The van der Waals surface area contributed by atoms with Crippen LogP contribution in [-0.2, 0) is 6.61 Å². The van der Waals surface area contributed by atoms with Gasteiger partial charge in [0, 0.05) is 0 Å². The van der Waals surface area contributed by atoms with Crippen molar-refractivity contribution in [1.82, 2.24) is 0 Å². The molecule has 0 heterocycles. The van der Waals surface area contributed by atoms with E-state index in [4.69, 9.17) is 5.11 Å². The van der Waals surface area contributed by atoms with Gasteiger partial charge in [0.2, 0.25) is 0 Å². The van der Waals surface area contributed by atoms with Gasteiger partial charge in [-0.1, -0.05) is 30.3 Å². The first kappa shape index (κ1) is 12.9. The molecular formula is C7H11ClMgO. The zero-order chi connectivity index (χ0) is 5.82. The van der Waals surface area contributed by atoms with E-state index in [0.29, 0.717) is 0 Å². The monoisotopic (exact) mass is 170 g/mol. The van der Waals surface area contributed by atoms with E-state index in [9.17, 15) is 0 Å². The molecule has 0 aliphatic heterocycles. The summed E-state index contributed by atoms with van der Waals surface area (Å²) in [6.45, 7) is 0.140. The van der Waals surface area contributed by atoms with Crippen molar-refractivity contribution >= 4 is 35.5 Å². The number of halogens is 1. The Hall–Kier alpha value is 0.236. The van der Waals surface area contributed by atoms with Gasteiger partial charge in [-0.15, -0.1) is 12.4 Å². The number of hydrogen-bond acceptors (Lipinski definition) is 1. The van der Waals surface area contributed by atoms with Crippen LogP contribution in [0.5, 0.6) is 0 Å². The van der Waals surface area contributed by atoms with Crippen molar-refractivity contribution < 1.29 is 5.11 Å². The van der Waals surface area contributed by atoms with Crippen LogP contribution in [0.25, 0.3) is 0 Å². The van der Waals surface area contributed by atoms with Gasteiger partial charge in [0.15, 0.2) is 0 Å². The molecule has 0 radical (unpaired) electrons. The molecule has 0 amide bonds. The largest absolute Gasteiger partial charge is 0.392 e. The van der Waals surface area contributed by atoms with Gasteiger partial charge in [-0.3, -0.25) is 0 Å². The normalized spacial score (nSPS) is 7.30. The molecule has 0 unspecified atom stereocenters. The minimum Gasteiger partial charge on any atom is -0.392 e. The highest BCUT2D eigenvalue weighted by Crippen LogP contribution is 1.95. The van der Waals surface area contributed by atoms with Crippen LogP contribution in [0.3, 0.4) is 0 Å². The lowest BCUT2D eigenvalue weighted by molar-refractivity contribution is 0.282. The van der Waals surface area contributed by atoms with E-state index in [1.54, 1.807) is 0 Å². The van der Waals surface area contributed by atoms with Crippen LogP contribution in [-0.4, -0.2) is 28.2 Å². The van der Waals surface area contributed by atoms with Crippen LogP contribution < -0.4 is 0 Å². The Kier molecular flexibility index (Phi) is 9.45. The van der Waals surface area contributed by atoms with Gasteiger partial charge in [0.25, 0.3) is 0 Å². The molecule has 0 saturated carbocycles. The Bertz CT molecular complexity index is 155. The predicted molar refractivity (Wildman–Crippen MR) is 48.2 cm³/mol. The summed E-state index contributed by atoms with van der Waals surface area (Å²) in [6.07, 6.45) is 0. The third-order valence-electron chi connectivity index (χ3n) is 1.03. The zero-order valence-electron chi connectivity index (χ0n) is 4.95. The molecule has 0 bridgehead atoms. The summed E-state index contributed by atoms with van der Waals surface area (Å²) in [6, 6.07) is 9.52. The van der Waals surface area contributed by atoms with E-state index in [-0.39, 0.29) is 42.1 Å². The van der Waals surface area contributed by atoms with E-state index >= 15 is 0 Å². The average Bonchev–Trinajstić information content (AvgIpc) is 1.90. The molecule has 1 nitrogen and oxygen atoms in total. The van der Waals surface area contributed by atoms with Crippen LogP contribution >= 0.6 is 12.4 Å². The maximum Gasteiger partial charge on any atom is 0.316 e. The fourth-order valence-electron chi connectivity index (χ4n) is 0.583. The highest BCUT2D eigenvalue weighted by Gasteiger charge is 1.81. The molecule has 1 N–H and O–H groups in total. The third-order valence-corrected chi connectivity index (χ3v) is 1.03. The number of aliphatic hydroxyl groups excluding tert-OH is 1. The quantitative estimate of drug-likeness (QED) is 0.616. The van der Waals surface area contributed by atoms with Crippen molar-refractivity contribution in [3.63, 3.8) is 0 Å². The fraction of sp³-hybridized carbons (Fsp3) is 0.143. The molecule has 0 aliphatic carbocycles. The molecule has 0 aromatic heterocycles. The summed E-state index contributed by atoms with van der Waals surface area (Å²) in [5.41, 5.74) is 0.965. The second kappa shape index (κ2) is 7.34. The number of hydrogen-bond donors (Lipinski definition) is 1. The maximum atomic E-state index is 8.54. The summed E-state index contributed by atoms with van der Waals surface area (Å²) < 4.78 is 0. The Morgan fingerprint density at radius 2 is 1.60 bits per heavy atom. The van der Waals surface area contributed by atoms with Crippen LogP contribution in [0, 0.1) is 0 Å². The molecule has 1 aromatic rings. The number of rotatable bonds is 1. The van der Waals surface area contributed by atoms with E-state index in [1.165, 1.54) is 0 Å². The summed E-state index contributed by atoms with van der Waals surface area (Å²) in [5, 5.41) is 8.54. The Labute approximate surface area is 83.0 Å². The summed E-state index contributed by atoms with van der Waals surface area (Å²) in [4.78, 5) is 0. The predicted octanol–water partition coefficient (Wildman–Crippen LogP) is 0.684. The Morgan fingerprint density at radius 3 is 1.90 bits per heavy atom. The molecule has 1 rings (SSSR count). The third kappa shape index (κ3) is 4.12. The smallest absolute Gasteiger partial charge is 0.316 e. The van der Waals surface area contributed by atoms with Gasteiger partial charge < -0.3 is 5.11 Å². The SMILES string of the molecule is Cl.OCc1ccccc1.[MgH2]. The first-order chi connectivity index (χ1) is 3.93. The average molecular weight is 171 g/mol. The zero-order valence-corrected chi connectivity index (χ0v) is 5.77. The Balaban J connectivity index is 0. The lowest BCUT2D eigenvalue weighted by atomic mass is 10.2. The van der Waals surface area contributed by atoms with Gasteiger partial charge >= 0.3 is 23.1 Å². The second-order valence-electron chi connectivity index (χ2n) is 1.64. The molecule has 1 aromatic carbocycles. The molecular weight excluding hydrogens is 160 g/mol. The summed E-state index contributed by atoms with van der Waals surface area (Å²) in [7, 11) is 0.